The number of nitrogens with one attached hydrogen (secondary N) is 3. The molecule has 1 saturated heterocycles. The van der Waals surface area contributed by atoms with E-state index in [9.17, 15) is 0 Å². The van der Waals surface area contributed by atoms with Crippen LogP contribution >= 0.6 is 0 Å². The van der Waals surface area contributed by atoms with Crippen molar-refractivity contribution in [1.29, 1.82) is 0 Å². The first kappa shape index (κ1) is 23.5. The standard InChI is InChI=1S/C27H31N9/c1-18-12-14-36(15-13-18)27-32-25(30-23-11-7-8-19(2)20(23)3)31-26(33-27)35-29-17-22-16-28-34-24(22)21-9-5-4-6-10-21/h4-11,16-18H,12-15H2,1-3H3,(H,28,34)(H2,30,31,32,33,35)/b29-17-. The Labute approximate surface area is 211 Å². The maximum Gasteiger partial charge on any atom is 0.250 e. The maximum atomic E-state index is 4.75. The zero-order valence-electron chi connectivity index (χ0n) is 20.9. The third kappa shape index (κ3) is 5.35. The lowest BCUT2D eigenvalue weighted by Crippen LogP contribution is -2.34. The van der Waals surface area contributed by atoms with Crippen molar-refractivity contribution in [2.75, 3.05) is 28.7 Å². The molecule has 2 aromatic carbocycles. The molecule has 1 aliphatic heterocycles. The van der Waals surface area contributed by atoms with Gasteiger partial charge >= 0.3 is 0 Å². The highest BCUT2D eigenvalue weighted by Crippen LogP contribution is 2.25. The van der Waals surface area contributed by atoms with Crippen molar-refractivity contribution >= 4 is 29.7 Å². The van der Waals surface area contributed by atoms with Gasteiger partial charge in [-0.3, -0.25) is 5.10 Å². The molecule has 0 aliphatic carbocycles. The Hall–Kier alpha value is -4.27. The first-order valence-electron chi connectivity index (χ1n) is 12.3. The van der Waals surface area contributed by atoms with Crippen LogP contribution < -0.4 is 15.6 Å². The van der Waals surface area contributed by atoms with Gasteiger partial charge in [0.1, 0.15) is 0 Å². The van der Waals surface area contributed by atoms with E-state index in [-0.39, 0.29) is 0 Å². The van der Waals surface area contributed by atoms with E-state index >= 15 is 0 Å². The second-order valence-corrected chi connectivity index (χ2v) is 9.26. The monoisotopic (exact) mass is 481 g/mol. The number of aromatic nitrogens is 5. The summed E-state index contributed by atoms with van der Waals surface area (Å²) < 4.78 is 0. The van der Waals surface area contributed by atoms with Crippen LogP contribution in [0.15, 0.2) is 59.8 Å². The van der Waals surface area contributed by atoms with Crippen molar-refractivity contribution in [1.82, 2.24) is 25.1 Å². The van der Waals surface area contributed by atoms with Gasteiger partial charge in [-0.05, 0) is 49.8 Å². The van der Waals surface area contributed by atoms with Crippen LogP contribution in [0.5, 0.6) is 0 Å². The van der Waals surface area contributed by atoms with E-state index < -0.39 is 0 Å². The zero-order valence-corrected chi connectivity index (χ0v) is 20.9. The fraction of sp³-hybridized carbons (Fsp3) is 0.296. The molecule has 184 valence electrons. The molecule has 0 spiro atoms. The average molecular weight is 482 g/mol. The lowest BCUT2D eigenvalue weighted by molar-refractivity contribution is 0.434. The lowest BCUT2D eigenvalue weighted by Gasteiger charge is -2.30. The summed E-state index contributed by atoms with van der Waals surface area (Å²) >= 11 is 0. The minimum Gasteiger partial charge on any atom is -0.341 e. The topological polar surface area (TPSA) is 107 Å². The number of aryl methyl sites for hydroxylation is 1. The molecular weight excluding hydrogens is 450 g/mol. The minimum atomic E-state index is 0.382. The normalized spacial score (nSPS) is 14.4. The molecule has 1 aliphatic rings. The van der Waals surface area contributed by atoms with E-state index in [1.807, 2.05) is 42.5 Å². The summed E-state index contributed by atoms with van der Waals surface area (Å²) in [4.78, 5) is 16.2. The molecule has 0 saturated carbocycles. The van der Waals surface area contributed by atoms with Gasteiger partial charge in [0.05, 0.1) is 18.1 Å². The number of rotatable bonds is 7. The van der Waals surface area contributed by atoms with Crippen LogP contribution in [0.25, 0.3) is 11.3 Å². The maximum absolute atomic E-state index is 4.75. The summed E-state index contributed by atoms with van der Waals surface area (Å²) in [5, 5.41) is 15.0. The highest BCUT2D eigenvalue weighted by molar-refractivity contribution is 5.88. The number of anilines is 4. The third-order valence-corrected chi connectivity index (χ3v) is 6.64. The second-order valence-electron chi connectivity index (χ2n) is 9.26. The van der Waals surface area contributed by atoms with Gasteiger partial charge in [-0.2, -0.15) is 25.2 Å². The first-order valence-corrected chi connectivity index (χ1v) is 12.3. The van der Waals surface area contributed by atoms with Crippen LogP contribution in [0.3, 0.4) is 0 Å². The molecule has 3 heterocycles. The molecule has 9 nitrogen and oxygen atoms in total. The average Bonchev–Trinajstić information content (AvgIpc) is 3.36. The number of hydrogen-bond donors (Lipinski definition) is 3. The van der Waals surface area contributed by atoms with Crippen LogP contribution in [0, 0.1) is 19.8 Å². The van der Waals surface area contributed by atoms with Crippen LogP contribution in [-0.2, 0) is 0 Å². The molecule has 0 atom stereocenters. The number of nitrogens with zero attached hydrogens (tertiary/aromatic N) is 6. The fourth-order valence-electron chi connectivity index (χ4n) is 4.22. The molecule has 0 unspecified atom stereocenters. The largest absolute Gasteiger partial charge is 0.341 e. The minimum absolute atomic E-state index is 0.382. The summed E-state index contributed by atoms with van der Waals surface area (Å²) in [5.41, 5.74) is 9.14. The molecule has 9 heteroatoms. The molecule has 0 amide bonds. The van der Waals surface area contributed by atoms with Crippen LogP contribution in [-0.4, -0.2) is 44.5 Å². The summed E-state index contributed by atoms with van der Waals surface area (Å²) in [5.74, 6) is 2.23. The molecule has 5 rings (SSSR count). The van der Waals surface area contributed by atoms with Crippen molar-refractivity contribution in [2.45, 2.75) is 33.6 Å². The van der Waals surface area contributed by atoms with E-state index in [0.717, 1.165) is 54.0 Å². The Morgan fingerprint density at radius 3 is 2.56 bits per heavy atom. The molecule has 3 N–H and O–H groups in total. The number of hydrogen-bond acceptors (Lipinski definition) is 8. The van der Waals surface area contributed by atoms with Crippen LogP contribution in [0.4, 0.5) is 23.5 Å². The van der Waals surface area contributed by atoms with Gasteiger partial charge in [0.2, 0.25) is 17.8 Å². The van der Waals surface area contributed by atoms with Gasteiger partial charge in [0.15, 0.2) is 0 Å². The molecule has 36 heavy (non-hydrogen) atoms. The van der Waals surface area contributed by atoms with E-state index in [2.05, 4.69) is 67.7 Å². The molecule has 2 aromatic heterocycles. The van der Waals surface area contributed by atoms with Crippen molar-refractivity contribution in [2.24, 2.45) is 11.0 Å². The Bertz CT molecular complexity index is 1340. The highest BCUT2D eigenvalue weighted by Gasteiger charge is 2.20. The SMILES string of the molecule is Cc1cccc(Nc2nc(N/N=C\c3cn[nH]c3-c3ccccc3)nc(N3CCC(C)CC3)n2)c1C. The van der Waals surface area contributed by atoms with Crippen LogP contribution in [0.1, 0.15) is 36.5 Å². The van der Waals surface area contributed by atoms with Gasteiger partial charge in [-0.15, -0.1) is 0 Å². The number of benzene rings is 2. The van der Waals surface area contributed by atoms with Crippen molar-refractivity contribution < 1.29 is 0 Å². The number of hydrazone groups is 1. The molecule has 0 bridgehead atoms. The molecule has 0 radical (unpaired) electrons. The van der Waals surface area contributed by atoms with Crippen LogP contribution in [0.2, 0.25) is 0 Å². The number of piperidine rings is 1. The first-order chi connectivity index (χ1) is 17.6. The number of H-pyrrole nitrogens is 1. The predicted molar refractivity (Wildman–Crippen MR) is 145 cm³/mol. The highest BCUT2D eigenvalue weighted by atomic mass is 15.4. The Morgan fingerprint density at radius 2 is 1.75 bits per heavy atom. The quantitative estimate of drug-likeness (QED) is 0.243. The smallest absolute Gasteiger partial charge is 0.250 e. The summed E-state index contributed by atoms with van der Waals surface area (Å²) in [6, 6.07) is 16.2. The van der Waals surface area contributed by atoms with Gasteiger partial charge in [-0.25, -0.2) is 5.43 Å². The zero-order chi connectivity index (χ0) is 24.9. The Morgan fingerprint density at radius 1 is 0.972 bits per heavy atom. The van der Waals surface area contributed by atoms with Crippen molar-refractivity contribution in [3.8, 4) is 11.3 Å². The predicted octanol–water partition coefficient (Wildman–Crippen LogP) is 5.30. The Balaban J connectivity index is 1.40. The van der Waals surface area contributed by atoms with Gasteiger partial charge in [0.25, 0.3) is 0 Å². The molecular formula is C27H31N9. The summed E-state index contributed by atoms with van der Waals surface area (Å²) in [6.07, 6.45) is 5.70. The van der Waals surface area contributed by atoms with Gasteiger partial charge in [0, 0.05) is 29.9 Å². The van der Waals surface area contributed by atoms with E-state index in [1.165, 1.54) is 5.56 Å². The van der Waals surface area contributed by atoms with E-state index in [1.54, 1.807) is 12.4 Å². The summed E-state index contributed by atoms with van der Waals surface area (Å²) in [6.45, 7) is 8.32. The fourth-order valence-corrected chi connectivity index (χ4v) is 4.22. The summed E-state index contributed by atoms with van der Waals surface area (Å²) in [7, 11) is 0. The molecule has 4 aromatic rings. The lowest BCUT2D eigenvalue weighted by atomic mass is 10.00. The van der Waals surface area contributed by atoms with Gasteiger partial charge in [-0.1, -0.05) is 49.4 Å². The Kier molecular flexibility index (Phi) is 6.88. The van der Waals surface area contributed by atoms with Crippen molar-refractivity contribution in [3.05, 3.63) is 71.4 Å². The number of aromatic amines is 1. The molecule has 1 fully saturated rings. The van der Waals surface area contributed by atoms with E-state index in [0.29, 0.717) is 23.8 Å². The van der Waals surface area contributed by atoms with Gasteiger partial charge < -0.3 is 10.2 Å². The van der Waals surface area contributed by atoms with E-state index in [4.69, 9.17) is 4.98 Å². The third-order valence-electron chi connectivity index (χ3n) is 6.64. The second kappa shape index (κ2) is 10.6. The van der Waals surface area contributed by atoms with Crippen molar-refractivity contribution in [3.63, 3.8) is 0 Å².